The van der Waals surface area contributed by atoms with Crippen LogP contribution in [-0.2, 0) is 13.1 Å². The average molecular weight is 427 g/mol. The summed E-state index contributed by atoms with van der Waals surface area (Å²) in [5, 5.41) is 26.9. The third kappa shape index (κ3) is 4.54. The fraction of sp³-hybridized carbons (Fsp3) is 0.400. The smallest absolute Gasteiger partial charge is 0.126 e. The van der Waals surface area contributed by atoms with Crippen molar-refractivity contribution < 1.29 is 19.7 Å². The van der Waals surface area contributed by atoms with Crippen molar-refractivity contribution in [3.63, 3.8) is 0 Å². The Morgan fingerprint density at radius 3 is 2.07 bits per heavy atom. The molecular weight excluding hydrogens is 403 g/mol. The molecule has 4 N–H and O–H groups in total. The average Bonchev–Trinajstić information content (AvgIpc) is 2.67. The maximum absolute atomic E-state index is 9.78. The normalized spacial score (nSPS) is 20.4. The fourth-order valence-corrected chi connectivity index (χ4v) is 4.10. The second kappa shape index (κ2) is 9.31. The Balaban J connectivity index is 0.000000161. The number of rotatable bonds is 2. The minimum atomic E-state index is -0.517. The molecule has 2 unspecified atom stereocenters. The minimum Gasteiger partial charge on any atom is -0.497 e. The van der Waals surface area contributed by atoms with E-state index >= 15 is 0 Å². The summed E-state index contributed by atoms with van der Waals surface area (Å²) < 4.78 is 10.3. The van der Waals surface area contributed by atoms with E-state index in [2.05, 4.69) is 10.6 Å². The number of hydrogen-bond acceptors (Lipinski definition) is 6. The summed E-state index contributed by atoms with van der Waals surface area (Å²) >= 11 is 12.0. The van der Waals surface area contributed by atoms with E-state index in [9.17, 15) is 10.2 Å². The SMILES string of the molecule is COc1cc(Cl)c2c(c1)CNCC2O.COc1cc(Cl)cc2c1C(O)CNC2. The number of methoxy groups -OCH3 is 2. The summed E-state index contributed by atoms with van der Waals surface area (Å²) in [5.41, 5.74) is 3.70. The molecule has 0 spiro atoms. The summed E-state index contributed by atoms with van der Waals surface area (Å²) in [6.07, 6.45) is -1.02. The number of nitrogens with one attached hydrogen (secondary N) is 2. The molecule has 28 heavy (non-hydrogen) atoms. The van der Waals surface area contributed by atoms with Gasteiger partial charge in [-0.3, -0.25) is 0 Å². The molecule has 4 rings (SSSR count). The van der Waals surface area contributed by atoms with Gasteiger partial charge in [-0.2, -0.15) is 0 Å². The van der Waals surface area contributed by atoms with Gasteiger partial charge in [0.05, 0.1) is 31.5 Å². The van der Waals surface area contributed by atoms with Gasteiger partial charge in [-0.1, -0.05) is 23.2 Å². The lowest BCUT2D eigenvalue weighted by Gasteiger charge is -2.24. The van der Waals surface area contributed by atoms with Gasteiger partial charge in [0.25, 0.3) is 0 Å². The van der Waals surface area contributed by atoms with E-state index in [1.54, 1.807) is 26.4 Å². The van der Waals surface area contributed by atoms with Crippen molar-refractivity contribution in [3.8, 4) is 11.5 Å². The Hall–Kier alpha value is -1.54. The van der Waals surface area contributed by atoms with Crippen LogP contribution in [0.5, 0.6) is 11.5 Å². The Morgan fingerprint density at radius 1 is 0.857 bits per heavy atom. The summed E-state index contributed by atoms with van der Waals surface area (Å²) in [5.74, 6) is 1.39. The lowest BCUT2D eigenvalue weighted by atomic mass is 9.98. The lowest BCUT2D eigenvalue weighted by molar-refractivity contribution is 0.160. The molecule has 2 atom stereocenters. The molecule has 0 aromatic heterocycles. The molecule has 2 heterocycles. The zero-order valence-corrected chi connectivity index (χ0v) is 17.3. The predicted molar refractivity (Wildman–Crippen MR) is 109 cm³/mol. The number of halogens is 2. The standard InChI is InChI=1S/2C10H12ClNO2/c1-14-9-3-7(11)2-6-4-12-5-8(13)10(6)9;1-14-7-2-6-4-12-5-9(13)10(6)8(11)3-7/h2-3,8,12-13H,4-5H2,1H3;2-3,9,12-13H,4-5H2,1H3. The number of benzene rings is 2. The summed E-state index contributed by atoms with van der Waals surface area (Å²) in [6.45, 7) is 2.57. The predicted octanol–water partition coefficient (Wildman–Crippen LogP) is 2.97. The first-order chi connectivity index (χ1) is 13.4. The molecule has 2 aliphatic heterocycles. The van der Waals surface area contributed by atoms with E-state index < -0.39 is 12.2 Å². The van der Waals surface area contributed by atoms with Gasteiger partial charge in [-0.15, -0.1) is 0 Å². The summed E-state index contributed by atoms with van der Waals surface area (Å²) in [4.78, 5) is 0. The number of aliphatic hydroxyl groups is 2. The first-order valence-corrected chi connectivity index (χ1v) is 9.70. The fourth-order valence-electron chi connectivity index (χ4n) is 3.52. The monoisotopic (exact) mass is 426 g/mol. The Bertz CT molecular complexity index is 828. The highest BCUT2D eigenvalue weighted by Gasteiger charge is 2.22. The topological polar surface area (TPSA) is 83.0 Å². The van der Waals surface area contributed by atoms with Gasteiger partial charge in [-0.05, 0) is 35.4 Å². The molecule has 0 fully saturated rings. The number of hydrogen-bond donors (Lipinski definition) is 4. The molecule has 2 aliphatic rings. The van der Waals surface area contributed by atoms with Crippen LogP contribution < -0.4 is 20.1 Å². The highest BCUT2D eigenvalue weighted by Crippen LogP contribution is 2.34. The van der Waals surface area contributed by atoms with Gasteiger partial charge < -0.3 is 30.3 Å². The first kappa shape index (κ1) is 21.2. The molecule has 0 saturated heterocycles. The Morgan fingerprint density at radius 2 is 1.46 bits per heavy atom. The van der Waals surface area contributed by atoms with Crippen LogP contribution in [-0.4, -0.2) is 37.5 Å². The molecule has 2 aromatic rings. The number of β-amino-alcohol motifs (C(OH)–C–C–N with tert-alkyl or cyclic N) is 2. The maximum atomic E-state index is 9.78. The molecule has 152 valence electrons. The van der Waals surface area contributed by atoms with Crippen LogP contribution in [0.2, 0.25) is 10.0 Å². The van der Waals surface area contributed by atoms with Crippen LogP contribution in [0.25, 0.3) is 0 Å². The van der Waals surface area contributed by atoms with Gasteiger partial charge in [-0.25, -0.2) is 0 Å². The lowest BCUT2D eigenvalue weighted by Crippen LogP contribution is -2.28. The van der Waals surface area contributed by atoms with Gasteiger partial charge in [0, 0.05) is 42.3 Å². The second-order valence-electron chi connectivity index (χ2n) is 6.66. The van der Waals surface area contributed by atoms with Crippen molar-refractivity contribution in [1.29, 1.82) is 0 Å². The second-order valence-corrected chi connectivity index (χ2v) is 7.50. The van der Waals surface area contributed by atoms with Crippen molar-refractivity contribution in [2.45, 2.75) is 25.3 Å². The van der Waals surface area contributed by atoms with E-state index in [0.29, 0.717) is 28.9 Å². The molecule has 0 aliphatic carbocycles. The number of ether oxygens (including phenoxy) is 2. The Kier molecular flexibility index (Phi) is 7.04. The van der Waals surface area contributed by atoms with E-state index in [1.807, 2.05) is 12.1 Å². The molecule has 0 bridgehead atoms. The van der Waals surface area contributed by atoms with Gasteiger partial charge in [0.15, 0.2) is 0 Å². The van der Waals surface area contributed by atoms with E-state index in [4.69, 9.17) is 32.7 Å². The molecular formula is C20H24Cl2N2O4. The van der Waals surface area contributed by atoms with Crippen molar-refractivity contribution in [1.82, 2.24) is 10.6 Å². The van der Waals surface area contributed by atoms with E-state index in [-0.39, 0.29) is 0 Å². The largest absolute Gasteiger partial charge is 0.497 e. The minimum absolute atomic E-state index is 0.508. The van der Waals surface area contributed by atoms with Crippen molar-refractivity contribution in [2.24, 2.45) is 0 Å². The summed E-state index contributed by atoms with van der Waals surface area (Å²) in [6, 6.07) is 7.22. The van der Waals surface area contributed by atoms with Crippen molar-refractivity contribution in [2.75, 3.05) is 27.3 Å². The van der Waals surface area contributed by atoms with Crippen LogP contribution in [0, 0.1) is 0 Å². The van der Waals surface area contributed by atoms with Crippen molar-refractivity contribution in [3.05, 3.63) is 56.6 Å². The Labute approximate surface area is 174 Å². The molecule has 0 saturated carbocycles. The van der Waals surface area contributed by atoms with Crippen LogP contribution in [0.4, 0.5) is 0 Å². The van der Waals surface area contributed by atoms with E-state index in [0.717, 1.165) is 41.1 Å². The van der Waals surface area contributed by atoms with Crippen LogP contribution in [0.3, 0.4) is 0 Å². The first-order valence-electron chi connectivity index (χ1n) is 8.94. The van der Waals surface area contributed by atoms with Crippen LogP contribution in [0.15, 0.2) is 24.3 Å². The highest BCUT2D eigenvalue weighted by molar-refractivity contribution is 6.31. The molecule has 2 aromatic carbocycles. The molecule has 0 amide bonds. The van der Waals surface area contributed by atoms with E-state index in [1.165, 1.54) is 0 Å². The molecule has 8 heteroatoms. The zero-order valence-electron chi connectivity index (χ0n) is 15.8. The highest BCUT2D eigenvalue weighted by atomic mass is 35.5. The quantitative estimate of drug-likeness (QED) is 0.590. The number of fused-ring (bicyclic) bond motifs is 2. The zero-order chi connectivity index (χ0) is 20.3. The number of aliphatic hydroxyl groups excluding tert-OH is 2. The van der Waals surface area contributed by atoms with Gasteiger partial charge in [0.1, 0.15) is 11.5 Å². The van der Waals surface area contributed by atoms with Crippen molar-refractivity contribution >= 4 is 23.2 Å². The maximum Gasteiger partial charge on any atom is 0.126 e. The molecule has 0 radical (unpaired) electrons. The van der Waals surface area contributed by atoms with Crippen LogP contribution >= 0.6 is 23.2 Å². The molecule has 6 nitrogen and oxygen atoms in total. The third-order valence-electron chi connectivity index (χ3n) is 4.81. The van der Waals surface area contributed by atoms with Gasteiger partial charge in [0.2, 0.25) is 0 Å². The van der Waals surface area contributed by atoms with Crippen LogP contribution in [0.1, 0.15) is 34.5 Å². The van der Waals surface area contributed by atoms with Gasteiger partial charge >= 0.3 is 0 Å². The summed E-state index contributed by atoms with van der Waals surface area (Å²) in [7, 11) is 3.19. The third-order valence-corrected chi connectivity index (χ3v) is 5.34.